The average Bonchev–Trinajstić information content (AvgIpc) is 2.37. The fourth-order valence-corrected chi connectivity index (χ4v) is 1.84. The van der Waals surface area contributed by atoms with Crippen LogP contribution in [-0.4, -0.2) is 26.4 Å². The highest BCUT2D eigenvalue weighted by Crippen LogP contribution is 2.22. The highest BCUT2D eigenvalue weighted by Gasteiger charge is 2.03. The summed E-state index contributed by atoms with van der Waals surface area (Å²) in [4.78, 5) is 0. The van der Waals surface area contributed by atoms with Crippen LogP contribution in [0.2, 0.25) is 5.02 Å². The zero-order valence-electron chi connectivity index (χ0n) is 11.6. The normalized spacial score (nSPS) is 10.1. The highest BCUT2D eigenvalue weighted by atomic mass is 35.5. The molecule has 0 heterocycles. The molecule has 1 rings (SSSR count). The van der Waals surface area contributed by atoms with E-state index in [-0.39, 0.29) is 12.4 Å². The van der Waals surface area contributed by atoms with E-state index in [1.165, 1.54) is 0 Å². The minimum absolute atomic E-state index is 0. The minimum atomic E-state index is 0. The van der Waals surface area contributed by atoms with Crippen LogP contribution in [0.25, 0.3) is 0 Å². The van der Waals surface area contributed by atoms with Gasteiger partial charge in [-0.3, -0.25) is 0 Å². The van der Waals surface area contributed by atoms with Gasteiger partial charge in [0.25, 0.3) is 0 Å². The third-order valence-corrected chi connectivity index (χ3v) is 2.72. The van der Waals surface area contributed by atoms with Crippen molar-refractivity contribution in [2.45, 2.75) is 26.8 Å². The van der Waals surface area contributed by atoms with Crippen molar-refractivity contribution in [3.05, 3.63) is 28.8 Å². The fourth-order valence-electron chi connectivity index (χ4n) is 1.65. The molecule has 0 spiro atoms. The standard InChI is InChI=1S/C14H22ClNO2.ClH/c1-3-17-9-5-8-16-11-12-10-13(15)6-7-14(12)18-4-2;/h6-7,10,16H,3-5,8-9,11H2,1-2H3;1H. The van der Waals surface area contributed by atoms with E-state index in [9.17, 15) is 0 Å². The second-order valence-electron chi connectivity index (χ2n) is 3.91. The Bertz CT molecular complexity index is 348. The Morgan fingerprint density at radius 3 is 2.68 bits per heavy atom. The lowest BCUT2D eigenvalue weighted by Crippen LogP contribution is -2.17. The quantitative estimate of drug-likeness (QED) is 0.706. The summed E-state index contributed by atoms with van der Waals surface area (Å²) in [5.41, 5.74) is 1.10. The SMILES string of the molecule is CCOCCCNCc1cc(Cl)ccc1OCC.Cl. The maximum absolute atomic E-state index is 5.99. The molecule has 0 unspecified atom stereocenters. The summed E-state index contributed by atoms with van der Waals surface area (Å²) in [6.45, 7) is 7.93. The van der Waals surface area contributed by atoms with Gasteiger partial charge in [-0.15, -0.1) is 12.4 Å². The number of benzene rings is 1. The van der Waals surface area contributed by atoms with Crippen LogP contribution in [-0.2, 0) is 11.3 Å². The number of ether oxygens (including phenoxy) is 2. The van der Waals surface area contributed by atoms with E-state index in [1.807, 2.05) is 32.0 Å². The van der Waals surface area contributed by atoms with Crippen molar-refractivity contribution in [2.24, 2.45) is 0 Å². The van der Waals surface area contributed by atoms with E-state index in [1.54, 1.807) is 0 Å². The van der Waals surface area contributed by atoms with Gasteiger partial charge in [-0.05, 0) is 45.0 Å². The first-order chi connectivity index (χ1) is 8.77. The van der Waals surface area contributed by atoms with Gasteiger partial charge >= 0.3 is 0 Å². The van der Waals surface area contributed by atoms with Crippen molar-refractivity contribution in [1.29, 1.82) is 0 Å². The highest BCUT2D eigenvalue weighted by molar-refractivity contribution is 6.30. The van der Waals surface area contributed by atoms with Gasteiger partial charge in [0.2, 0.25) is 0 Å². The van der Waals surface area contributed by atoms with Crippen molar-refractivity contribution in [3.8, 4) is 5.75 Å². The molecule has 5 heteroatoms. The first-order valence-corrected chi connectivity index (χ1v) is 6.85. The van der Waals surface area contributed by atoms with Crippen molar-refractivity contribution in [1.82, 2.24) is 5.32 Å². The van der Waals surface area contributed by atoms with Gasteiger partial charge in [-0.1, -0.05) is 11.6 Å². The Balaban J connectivity index is 0.00000324. The molecule has 19 heavy (non-hydrogen) atoms. The van der Waals surface area contributed by atoms with Crippen LogP contribution in [0.3, 0.4) is 0 Å². The molecule has 3 nitrogen and oxygen atoms in total. The van der Waals surface area contributed by atoms with Gasteiger partial charge in [-0.2, -0.15) is 0 Å². The number of nitrogens with one attached hydrogen (secondary N) is 1. The van der Waals surface area contributed by atoms with Gasteiger partial charge in [0.1, 0.15) is 5.75 Å². The molecule has 0 bridgehead atoms. The molecule has 0 aromatic heterocycles. The molecule has 0 aliphatic rings. The van der Waals surface area contributed by atoms with Crippen molar-refractivity contribution < 1.29 is 9.47 Å². The molecule has 0 fully saturated rings. The Hall–Kier alpha value is -0.480. The zero-order valence-corrected chi connectivity index (χ0v) is 13.1. The number of hydrogen-bond donors (Lipinski definition) is 1. The summed E-state index contributed by atoms with van der Waals surface area (Å²) in [5, 5.41) is 4.11. The van der Waals surface area contributed by atoms with Crippen LogP contribution in [0, 0.1) is 0 Å². The molecule has 0 atom stereocenters. The molecule has 1 N–H and O–H groups in total. The van der Waals surface area contributed by atoms with E-state index in [0.29, 0.717) is 6.61 Å². The summed E-state index contributed by atoms with van der Waals surface area (Å²) in [6, 6.07) is 5.72. The molecule has 0 saturated heterocycles. The van der Waals surface area contributed by atoms with Crippen LogP contribution in [0.15, 0.2) is 18.2 Å². The molecule has 0 radical (unpaired) electrons. The lowest BCUT2D eigenvalue weighted by molar-refractivity contribution is 0.144. The van der Waals surface area contributed by atoms with Crippen molar-refractivity contribution >= 4 is 24.0 Å². The number of hydrogen-bond acceptors (Lipinski definition) is 3. The predicted octanol–water partition coefficient (Wildman–Crippen LogP) is 3.68. The van der Waals surface area contributed by atoms with Gasteiger partial charge in [-0.25, -0.2) is 0 Å². The van der Waals surface area contributed by atoms with E-state index in [0.717, 1.165) is 49.1 Å². The predicted molar refractivity (Wildman–Crippen MR) is 82.7 cm³/mol. The average molecular weight is 308 g/mol. The fraction of sp³-hybridized carbons (Fsp3) is 0.571. The number of rotatable bonds is 9. The van der Waals surface area contributed by atoms with E-state index in [4.69, 9.17) is 21.1 Å². The maximum Gasteiger partial charge on any atom is 0.123 e. The second-order valence-corrected chi connectivity index (χ2v) is 4.35. The largest absolute Gasteiger partial charge is 0.494 e. The van der Waals surface area contributed by atoms with Gasteiger partial charge in [0.05, 0.1) is 6.61 Å². The van der Waals surface area contributed by atoms with Crippen LogP contribution in [0.4, 0.5) is 0 Å². The summed E-state index contributed by atoms with van der Waals surface area (Å²) in [5.74, 6) is 0.902. The monoisotopic (exact) mass is 307 g/mol. The van der Waals surface area contributed by atoms with E-state index < -0.39 is 0 Å². The van der Waals surface area contributed by atoms with E-state index >= 15 is 0 Å². The topological polar surface area (TPSA) is 30.5 Å². The molecular formula is C14H23Cl2NO2. The number of halogens is 2. The molecule has 0 aliphatic heterocycles. The third kappa shape index (κ3) is 7.63. The first kappa shape index (κ1) is 18.5. The summed E-state index contributed by atoms with van der Waals surface area (Å²) < 4.78 is 10.8. The Morgan fingerprint density at radius 1 is 1.21 bits per heavy atom. The molecule has 1 aromatic carbocycles. The van der Waals surface area contributed by atoms with Crippen LogP contribution < -0.4 is 10.1 Å². The Kier molecular flexibility index (Phi) is 11.1. The summed E-state index contributed by atoms with van der Waals surface area (Å²) in [6.07, 6.45) is 1.01. The van der Waals surface area contributed by atoms with Crippen LogP contribution in [0.1, 0.15) is 25.8 Å². The molecule has 110 valence electrons. The molecule has 1 aromatic rings. The molecule has 0 saturated carbocycles. The molecular weight excluding hydrogens is 285 g/mol. The van der Waals surface area contributed by atoms with Crippen molar-refractivity contribution in [3.63, 3.8) is 0 Å². The van der Waals surface area contributed by atoms with Crippen LogP contribution in [0.5, 0.6) is 5.75 Å². The van der Waals surface area contributed by atoms with Gasteiger partial charge < -0.3 is 14.8 Å². The van der Waals surface area contributed by atoms with Gasteiger partial charge in [0.15, 0.2) is 0 Å². The first-order valence-electron chi connectivity index (χ1n) is 6.47. The summed E-state index contributed by atoms with van der Waals surface area (Å²) >= 11 is 5.99. The van der Waals surface area contributed by atoms with Crippen LogP contribution >= 0.6 is 24.0 Å². The second kappa shape index (κ2) is 11.4. The summed E-state index contributed by atoms with van der Waals surface area (Å²) in [7, 11) is 0. The molecule has 0 amide bonds. The smallest absolute Gasteiger partial charge is 0.123 e. The Morgan fingerprint density at radius 2 is 2.00 bits per heavy atom. The lowest BCUT2D eigenvalue weighted by Gasteiger charge is -2.11. The van der Waals surface area contributed by atoms with E-state index in [2.05, 4.69) is 5.32 Å². The third-order valence-electron chi connectivity index (χ3n) is 2.48. The lowest BCUT2D eigenvalue weighted by atomic mass is 10.2. The zero-order chi connectivity index (χ0) is 13.2. The Labute approximate surface area is 127 Å². The van der Waals surface area contributed by atoms with Crippen molar-refractivity contribution in [2.75, 3.05) is 26.4 Å². The maximum atomic E-state index is 5.99. The van der Waals surface area contributed by atoms with Gasteiger partial charge in [0, 0.05) is 30.3 Å². The minimum Gasteiger partial charge on any atom is -0.494 e. The molecule has 0 aliphatic carbocycles.